The van der Waals surface area contributed by atoms with Crippen molar-refractivity contribution in [3.05, 3.63) is 24.3 Å². The molecule has 1 N–H and O–H groups in total. The van der Waals surface area contributed by atoms with E-state index in [1.165, 1.54) is 0 Å². The first kappa shape index (κ1) is 10.6. The zero-order valence-electron chi connectivity index (χ0n) is 8.46. The number of nitrogens with one attached hydrogen (secondary N) is 1. The van der Waals surface area contributed by atoms with Crippen LogP contribution in [0, 0.1) is 6.07 Å². The molecule has 0 spiro atoms. The van der Waals surface area contributed by atoms with Gasteiger partial charge in [-0.25, -0.2) is 0 Å². The Kier molecular flexibility index (Phi) is 3.98. The molecular weight excluding hydrogens is 178 g/mol. The highest BCUT2D eigenvalue weighted by Crippen LogP contribution is 2.22. The standard InChI is InChI=1S/C11H14NO2/c1-3-6-11(13)12-9-7-4-5-8-10(9)14-2/h5,7-8H,3,6H2,1-2H3,(H,12,13). The van der Waals surface area contributed by atoms with Gasteiger partial charge in [0.05, 0.1) is 12.8 Å². The fraction of sp³-hybridized carbons (Fsp3) is 0.364. The molecular formula is C11H14NO2. The van der Waals surface area contributed by atoms with Crippen LogP contribution < -0.4 is 10.1 Å². The molecule has 0 aliphatic carbocycles. The van der Waals surface area contributed by atoms with Gasteiger partial charge in [-0.3, -0.25) is 4.79 Å². The number of methoxy groups -OCH3 is 1. The Labute approximate surface area is 84.1 Å². The molecule has 1 radical (unpaired) electrons. The average Bonchev–Trinajstić information content (AvgIpc) is 2.19. The highest BCUT2D eigenvalue weighted by atomic mass is 16.5. The third kappa shape index (κ3) is 2.76. The number of benzene rings is 1. The number of anilines is 1. The van der Waals surface area contributed by atoms with Crippen LogP contribution in [0.5, 0.6) is 5.75 Å². The van der Waals surface area contributed by atoms with Crippen LogP contribution in [-0.4, -0.2) is 13.0 Å². The maximum atomic E-state index is 11.3. The van der Waals surface area contributed by atoms with E-state index < -0.39 is 0 Å². The van der Waals surface area contributed by atoms with Gasteiger partial charge in [0.2, 0.25) is 5.91 Å². The lowest BCUT2D eigenvalue weighted by molar-refractivity contribution is -0.116. The summed E-state index contributed by atoms with van der Waals surface area (Å²) in [6.45, 7) is 1.97. The van der Waals surface area contributed by atoms with E-state index >= 15 is 0 Å². The lowest BCUT2D eigenvalue weighted by Crippen LogP contribution is -2.11. The quantitative estimate of drug-likeness (QED) is 0.794. The predicted molar refractivity (Wildman–Crippen MR) is 55.4 cm³/mol. The van der Waals surface area contributed by atoms with Gasteiger partial charge in [0.1, 0.15) is 5.75 Å². The van der Waals surface area contributed by atoms with E-state index in [1.807, 2.05) is 6.92 Å². The monoisotopic (exact) mass is 192 g/mol. The molecule has 0 atom stereocenters. The molecule has 0 heterocycles. The molecule has 0 unspecified atom stereocenters. The first-order chi connectivity index (χ1) is 6.77. The summed E-state index contributed by atoms with van der Waals surface area (Å²) in [4.78, 5) is 11.3. The lowest BCUT2D eigenvalue weighted by atomic mass is 10.2. The molecule has 0 aromatic heterocycles. The molecule has 14 heavy (non-hydrogen) atoms. The number of carbonyl (C=O) groups excluding carboxylic acids is 1. The van der Waals surface area contributed by atoms with Gasteiger partial charge in [0.25, 0.3) is 0 Å². The topological polar surface area (TPSA) is 38.3 Å². The third-order valence-corrected chi connectivity index (χ3v) is 1.80. The zero-order valence-corrected chi connectivity index (χ0v) is 8.46. The molecule has 0 aliphatic heterocycles. The van der Waals surface area contributed by atoms with Gasteiger partial charge in [0, 0.05) is 6.42 Å². The van der Waals surface area contributed by atoms with E-state index in [1.54, 1.807) is 25.3 Å². The third-order valence-electron chi connectivity index (χ3n) is 1.80. The van der Waals surface area contributed by atoms with Crippen LogP contribution in [0.2, 0.25) is 0 Å². The molecule has 1 aromatic carbocycles. The lowest BCUT2D eigenvalue weighted by Gasteiger charge is -2.08. The van der Waals surface area contributed by atoms with E-state index in [9.17, 15) is 4.79 Å². The highest BCUT2D eigenvalue weighted by molar-refractivity contribution is 5.92. The normalized spacial score (nSPS) is 9.57. The van der Waals surface area contributed by atoms with E-state index in [4.69, 9.17) is 4.74 Å². The van der Waals surface area contributed by atoms with Crippen molar-refractivity contribution >= 4 is 11.6 Å². The van der Waals surface area contributed by atoms with Crippen molar-refractivity contribution in [3.8, 4) is 5.75 Å². The number of rotatable bonds is 4. The first-order valence-corrected chi connectivity index (χ1v) is 4.62. The summed E-state index contributed by atoms with van der Waals surface area (Å²) >= 11 is 0. The fourth-order valence-electron chi connectivity index (χ4n) is 1.13. The van der Waals surface area contributed by atoms with Crippen molar-refractivity contribution in [1.82, 2.24) is 0 Å². The SMILES string of the molecule is CCCC(=O)Nc1c[c]ccc1OC. The number of hydrogen-bond donors (Lipinski definition) is 1. The summed E-state index contributed by atoms with van der Waals surface area (Å²) in [6.07, 6.45) is 1.36. The molecule has 1 amide bonds. The molecule has 0 bridgehead atoms. The molecule has 0 aliphatic rings. The van der Waals surface area contributed by atoms with E-state index in [2.05, 4.69) is 11.4 Å². The smallest absolute Gasteiger partial charge is 0.224 e. The van der Waals surface area contributed by atoms with Crippen LogP contribution in [0.1, 0.15) is 19.8 Å². The van der Waals surface area contributed by atoms with E-state index in [0.29, 0.717) is 17.9 Å². The number of carbonyl (C=O) groups is 1. The summed E-state index contributed by atoms with van der Waals surface area (Å²) in [5.74, 6) is 0.665. The maximum Gasteiger partial charge on any atom is 0.224 e. The molecule has 0 saturated heterocycles. The molecule has 3 heteroatoms. The van der Waals surface area contributed by atoms with Crippen LogP contribution in [0.4, 0.5) is 5.69 Å². The second kappa shape index (κ2) is 5.27. The van der Waals surface area contributed by atoms with Crippen LogP contribution >= 0.6 is 0 Å². The van der Waals surface area contributed by atoms with Crippen LogP contribution in [0.25, 0.3) is 0 Å². The minimum Gasteiger partial charge on any atom is -0.495 e. The van der Waals surface area contributed by atoms with E-state index in [0.717, 1.165) is 6.42 Å². The van der Waals surface area contributed by atoms with Crippen molar-refractivity contribution in [2.75, 3.05) is 12.4 Å². The molecule has 0 fully saturated rings. The van der Waals surface area contributed by atoms with Crippen molar-refractivity contribution < 1.29 is 9.53 Å². The minimum atomic E-state index is 0.00500. The number of hydrogen-bond acceptors (Lipinski definition) is 2. The second-order valence-electron chi connectivity index (χ2n) is 2.92. The largest absolute Gasteiger partial charge is 0.495 e. The maximum absolute atomic E-state index is 11.3. The summed E-state index contributed by atoms with van der Waals surface area (Å²) in [5, 5.41) is 2.77. The molecule has 3 nitrogen and oxygen atoms in total. The van der Waals surface area contributed by atoms with Crippen molar-refractivity contribution in [3.63, 3.8) is 0 Å². The summed E-state index contributed by atoms with van der Waals surface area (Å²) in [6, 6.07) is 8.10. The van der Waals surface area contributed by atoms with Gasteiger partial charge in [-0.15, -0.1) is 0 Å². The van der Waals surface area contributed by atoms with Crippen molar-refractivity contribution in [2.24, 2.45) is 0 Å². The Balaban J connectivity index is 2.70. The highest BCUT2D eigenvalue weighted by Gasteiger charge is 2.04. The van der Waals surface area contributed by atoms with Gasteiger partial charge in [-0.1, -0.05) is 13.0 Å². The molecule has 75 valence electrons. The van der Waals surface area contributed by atoms with Gasteiger partial charge in [-0.05, 0) is 24.6 Å². The first-order valence-electron chi connectivity index (χ1n) is 4.62. The Morgan fingerprint density at radius 1 is 1.64 bits per heavy atom. The summed E-state index contributed by atoms with van der Waals surface area (Å²) in [5.41, 5.74) is 0.674. The molecule has 1 aromatic rings. The predicted octanol–water partition coefficient (Wildman–Crippen LogP) is 2.23. The minimum absolute atomic E-state index is 0.00500. The fourth-order valence-corrected chi connectivity index (χ4v) is 1.13. The van der Waals surface area contributed by atoms with Gasteiger partial charge in [-0.2, -0.15) is 0 Å². The Morgan fingerprint density at radius 3 is 3.07 bits per heavy atom. The number of ether oxygens (including phenoxy) is 1. The molecule has 1 rings (SSSR count). The Hall–Kier alpha value is -1.51. The van der Waals surface area contributed by atoms with E-state index in [-0.39, 0.29) is 5.91 Å². The van der Waals surface area contributed by atoms with Crippen molar-refractivity contribution in [2.45, 2.75) is 19.8 Å². The Morgan fingerprint density at radius 2 is 2.43 bits per heavy atom. The number of amides is 1. The average molecular weight is 192 g/mol. The van der Waals surface area contributed by atoms with Gasteiger partial charge in [0.15, 0.2) is 0 Å². The summed E-state index contributed by atoms with van der Waals surface area (Å²) in [7, 11) is 1.57. The van der Waals surface area contributed by atoms with Crippen LogP contribution in [0.3, 0.4) is 0 Å². The zero-order chi connectivity index (χ0) is 10.4. The van der Waals surface area contributed by atoms with Gasteiger partial charge >= 0.3 is 0 Å². The van der Waals surface area contributed by atoms with Crippen molar-refractivity contribution in [1.29, 1.82) is 0 Å². The second-order valence-corrected chi connectivity index (χ2v) is 2.92. The van der Waals surface area contributed by atoms with Gasteiger partial charge < -0.3 is 10.1 Å². The van der Waals surface area contributed by atoms with Crippen LogP contribution in [0.15, 0.2) is 18.2 Å². The Bertz CT molecular complexity index is 310. The molecule has 0 saturated carbocycles. The summed E-state index contributed by atoms with van der Waals surface area (Å²) < 4.78 is 5.09. The van der Waals surface area contributed by atoms with Crippen LogP contribution in [-0.2, 0) is 4.79 Å².